The van der Waals surface area contributed by atoms with Crippen LogP contribution in [0.4, 0.5) is 15.6 Å². The third-order valence-electron chi connectivity index (χ3n) is 4.07. The molecular weight excluding hydrogens is 402 g/mol. The molecule has 3 N–H and O–H groups in total. The van der Waals surface area contributed by atoms with Gasteiger partial charge in [-0.15, -0.1) is 11.3 Å². The van der Waals surface area contributed by atoms with Gasteiger partial charge in [-0.3, -0.25) is 15.0 Å². The Kier molecular flexibility index (Phi) is 7.61. The maximum atomic E-state index is 12.1. The second-order valence-corrected chi connectivity index (χ2v) is 7.51. The molecule has 10 heteroatoms. The minimum Gasteiger partial charge on any atom is -0.379 e. The Morgan fingerprint density at radius 2 is 1.93 bits per heavy atom. The lowest BCUT2D eigenvalue weighted by Crippen LogP contribution is -2.41. The maximum Gasteiger partial charge on any atom is 0.325 e. The van der Waals surface area contributed by atoms with Crippen molar-refractivity contribution in [3.05, 3.63) is 40.4 Å². The Balaban J connectivity index is 1.38. The molecule has 0 unspecified atom stereocenters. The first kappa shape index (κ1) is 20.5. The molecule has 8 nitrogen and oxygen atoms in total. The lowest BCUT2D eigenvalue weighted by Gasteiger charge is -2.26. The van der Waals surface area contributed by atoms with Gasteiger partial charge in [-0.25, -0.2) is 9.78 Å². The van der Waals surface area contributed by atoms with Crippen LogP contribution >= 0.6 is 22.9 Å². The van der Waals surface area contributed by atoms with Gasteiger partial charge in [-0.1, -0.05) is 11.6 Å². The topological polar surface area (TPSA) is 95.6 Å². The van der Waals surface area contributed by atoms with Crippen molar-refractivity contribution < 1.29 is 14.3 Å². The Morgan fingerprint density at radius 1 is 1.18 bits per heavy atom. The van der Waals surface area contributed by atoms with E-state index in [0.717, 1.165) is 32.8 Å². The molecule has 3 amide bonds. The maximum absolute atomic E-state index is 12.1. The number of ether oxygens (including phenoxy) is 1. The molecule has 1 aliphatic rings. The van der Waals surface area contributed by atoms with Crippen LogP contribution in [0.15, 0.2) is 29.6 Å². The first-order valence-electron chi connectivity index (χ1n) is 8.93. The second kappa shape index (κ2) is 10.4. The highest BCUT2D eigenvalue weighted by molar-refractivity contribution is 7.14. The van der Waals surface area contributed by atoms with Crippen molar-refractivity contribution in [2.24, 2.45) is 0 Å². The van der Waals surface area contributed by atoms with Crippen molar-refractivity contribution in [1.29, 1.82) is 0 Å². The largest absolute Gasteiger partial charge is 0.379 e. The third kappa shape index (κ3) is 6.75. The van der Waals surface area contributed by atoms with Crippen LogP contribution in [0.1, 0.15) is 5.69 Å². The number of aromatic nitrogens is 1. The smallest absolute Gasteiger partial charge is 0.325 e. The fraction of sp³-hybridized carbons (Fsp3) is 0.389. The summed E-state index contributed by atoms with van der Waals surface area (Å²) in [5.74, 6) is -0.0873. The van der Waals surface area contributed by atoms with E-state index in [4.69, 9.17) is 16.3 Å². The van der Waals surface area contributed by atoms with Crippen molar-refractivity contribution >= 4 is 45.7 Å². The number of carbonyl (C=O) groups is 2. The highest BCUT2D eigenvalue weighted by Gasteiger charge is 2.12. The number of nitrogens with one attached hydrogen (secondary N) is 3. The molecule has 2 heterocycles. The van der Waals surface area contributed by atoms with E-state index in [2.05, 4.69) is 25.8 Å². The molecule has 0 spiro atoms. The predicted molar refractivity (Wildman–Crippen MR) is 110 cm³/mol. The van der Waals surface area contributed by atoms with E-state index < -0.39 is 6.03 Å². The predicted octanol–water partition coefficient (Wildman–Crippen LogP) is 2.43. The molecule has 0 radical (unpaired) electrons. The van der Waals surface area contributed by atoms with Gasteiger partial charge in [-0.05, 0) is 24.3 Å². The monoisotopic (exact) mass is 423 g/mol. The quantitative estimate of drug-likeness (QED) is 0.635. The molecule has 150 valence electrons. The molecular formula is C18H22ClN5O3S. The van der Waals surface area contributed by atoms with Crippen LogP contribution in [-0.2, 0) is 16.0 Å². The second-order valence-electron chi connectivity index (χ2n) is 6.21. The average molecular weight is 424 g/mol. The van der Waals surface area contributed by atoms with Gasteiger partial charge >= 0.3 is 6.03 Å². The normalized spacial score (nSPS) is 14.5. The van der Waals surface area contributed by atoms with Crippen LogP contribution < -0.4 is 16.0 Å². The van der Waals surface area contributed by atoms with E-state index in [1.165, 1.54) is 11.3 Å². The van der Waals surface area contributed by atoms with Crippen molar-refractivity contribution in [2.45, 2.75) is 6.42 Å². The molecule has 1 aromatic heterocycles. The molecule has 0 atom stereocenters. The molecule has 2 aromatic rings. The van der Waals surface area contributed by atoms with E-state index >= 15 is 0 Å². The van der Waals surface area contributed by atoms with Gasteiger partial charge in [0.1, 0.15) is 0 Å². The van der Waals surface area contributed by atoms with Crippen LogP contribution in [0.5, 0.6) is 0 Å². The third-order valence-corrected chi connectivity index (χ3v) is 5.13. The van der Waals surface area contributed by atoms with E-state index in [0.29, 0.717) is 28.1 Å². The first-order chi connectivity index (χ1) is 13.6. The number of carbonyl (C=O) groups excluding carboxylic acids is 2. The number of anilines is 2. The molecule has 1 fully saturated rings. The summed E-state index contributed by atoms with van der Waals surface area (Å²) in [6.07, 6.45) is 0.181. The Hall–Kier alpha value is -2.20. The van der Waals surface area contributed by atoms with Crippen molar-refractivity contribution in [1.82, 2.24) is 15.2 Å². The number of hydrogen-bond acceptors (Lipinski definition) is 6. The van der Waals surface area contributed by atoms with Gasteiger partial charge in [0.05, 0.1) is 25.3 Å². The molecule has 1 aliphatic heterocycles. The summed E-state index contributed by atoms with van der Waals surface area (Å²) in [6.45, 7) is 4.69. The Morgan fingerprint density at radius 3 is 2.68 bits per heavy atom. The summed E-state index contributed by atoms with van der Waals surface area (Å²) < 4.78 is 5.30. The number of benzene rings is 1. The van der Waals surface area contributed by atoms with Crippen LogP contribution in [0, 0.1) is 0 Å². The number of thiazole rings is 1. The molecule has 1 saturated heterocycles. The zero-order chi connectivity index (χ0) is 19.8. The van der Waals surface area contributed by atoms with E-state index in [9.17, 15) is 9.59 Å². The summed E-state index contributed by atoms with van der Waals surface area (Å²) >= 11 is 7.09. The van der Waals surface area contributed by atoms with Crippen LogP contribution in [0.25, 0.3) is 0 Å². The Labute approximate surface area is 172 Å². The minimum atomic E-state index is -0.404. The SMILES string of the molecule is O=C(Cc1csc(NC(=O)Nc2ccc(Cl)cc2)n1)NCCN1CCOCC1. The highest BCUT2D eigenvalue weighted by atomic mass is 35.5. The van der Waals surface area contributed by atoms with Gasteiger partial charge in [0, 0.05) is 42.3 Å². The number of halogens is 1. The minimum absolute atomic E-state index is 0.0873. The lowest BCUT2D eigenvalue weighted by molar-refractivity contribution is -0.120. The number of urea groups is 1. The van der Waals surface area contributed by atoms with Crippen LogP contribution in [-0.4, -0.2) is 61.2 Å². The van der Waals surface area contributed by atoms with Gasteiger partial charge in [-0.2, -0.15) is 0 Å². The van der Waals surface area contributed by atoms with E-state index in [-0.39, 0.29) is 12.3 Å². The molecule has 0 aliphatic carbocycles. The summed E-state index contributed by atoms with van der Waals surface area (Å²) in [6, 6.07) is 6.39. The highest BCUT2D eigenvalue weighted by Crippen LogP contribution is 2.17. The fourth-order valence-corrected chi connectivity index (χ4v) is 3.47. The summed E-state index contributed by atoms with van der Waals surface area (Å²) in [5, 5.41) is 11.0. The van der Waals surface area contributed by atoms with Crippen molar-refractivity contribution in [3.63, 3.8) is 0 Å². The van der Waals surface area contributed by atoms with E-state index in [1.807, 2.05) is 0 Å². The van der Waals surface area contributed by atoms with Crippen molar-refractivity contribution in [3.8, 4) is 0 Å². The number of amides is 3. The van der Waals surface area contributed by atoms with Crippen molar-refractivity contribution in [2.75, 3.05) is 50.0 Å². The molecule has 3 rings (SSSR count). The van der Waals surface area contributed by atoms with Crippen LogP contribution in [0.3, 0.4) is 0 Å². The van der Waals surface area contributed by atoms with Crippen LogP contribution in [0.2, 0.25) is 5.02 Å². The average Bonchev–Trinajstić information content (AvgIpc) is 3.11. The van der Waals surface area contributed by atoms with E-state index in [1.54, 1.807) is 29.6 Å². The zero-order valence-corrected chi connectivity index (χ0v) is 16.8. The number of hydrogen-bond donors (Lipinski definition) is 3. The van der Waals surface area contributed by atoms with Gasteiger partial charge in [0.15, 0.2) is 5.13 Å². The van der Waals surface area contributed by atoms with Gasteiger partial charge < -0.3 is 15.4 Å². The first-order valence-corrected chi connectivity index (χ1v) is 10.2. The Bertz CT molecular complexity index is 793. The van der Waals surface area contributed by atoms with Gasteiger partial charge in [0.2, 0.25) is 5.91 Å². The summed E-state index contributed by atoms with van der Waals surface area (Å²) in [5.41, 5.74) is 1.24. The summed E-state index contributed by atoms with van der Waals surface area (Å²) in [7, 11) is 0. The standard InChI is InChI=1S/C18H22ClN5O3S/c19-13-1-3-14(4-2-13)21-17(26)23-18-22-15(12-28-18)11-16(25)20-5-6-24-7-9-27-10-8-24/h1-4,12H,5-11H2,(H,20,25)(H2,21,22,23,26). The zero-order valence-electron chi connectivity index (χ0n) is 15.2. The fourth-order valence-electron chi connectivity index (χ4n) is 2.64. The number of rotatable bonds is 7. The van der Waals surface area contributed by atoms with Gasteiger partial charge in [0.25, 0.3) is 0 Å². The molecule has 0 saturated carbocycles. The lowest BCUT2D eigenvalue weighted by atomic mass is 10.3. The summed E-state index contributed by atoms with van der Waals surface area (Å²) in [4.78, 5) is 30.6. The number of morpholine rings is 1. The number of nitrogens with zero attached hydrogens (tertiary/aromatic N) is 2. The molecule has 0 bridgehead atoms. The molecule has 1 aromatic carbocycles. The molecule has 28 heavy (non-hydrogen) atoms.